The maximum absolute atomic E-state index is 13.3. The van der Waals surface area contributed by atoms with Crippen LogP contribution in [0.2, 0.25) is 0 Å². The summed E-state index contributed by atoms with van der Waals surface area (Å²) in [5.74, 6) is -0.0872. The van der Waals surface area contributed by atoms with Crippen molar-refractivity contribution < 1.29 is 4.79 Å². The molecule has 1 heterocycles. The van der Waals surface area contributed by atoms with E-state index in [0.29, 0.717) is 22.6 Å². The molecule has 0 saturated heterocycles. The topological polar surface area (TPSA) is 87.8 Å². The van der Waals surface area contributed by atoms with E-state index >= 15 is 0 Å². The first-order valence-electron chi connectivity index (χ1n) is 9.04. The largest absolute Gasteiger partial charge is 0.354 e. The summed E-state index contributed by atoms with van der Waals surface area (Å²) in [6.45, 7) is 2.25. The minimum absolute atomic E-state index is 0.113. The summed E-state index contributed by atoms with van der Waals surface area (Å²) in [5.41, 5.74) is 1.41. The van der Waals surface area contributed by atoms with Crippen LogP contribution in [-0.2, 0) is 4.79 Å². The molecule has 2 aromatic carbocycles. The van der Waals surface area contributed by atoms with Gasteiger partial charge in [-0.15, -0.1) is 0 Å². The Balaban J connectivity index is 2.00. The highest BCUT2D eigenvalue weighted by Gasteiger charge is 2.19. The number of nitriles is 1. The van der Waals surface area contributed by atoms with Crippen LogP contribution in [0.1, 0.15) is 24.9 Å². The van der Waals surface area contributed by atoms with Crippen molar-refractivity contribution >= 4 is 44.5 Å². The highest BCUT2D eigenvalue weighted by molar-refractivity contribution is 9.10. The zero-order chi connectivity index (χ0) is 20.8. The molecule has 1 atom stereocenters. The third-order valence-electron chi connectivity index (χ3n) is 4.39. The zero-order valence-electron chi connectivity index (χ0n) is 15.8. The Morgan fingerprint density at radius 1 is 1.31 bits per heavy atom. The molecular weight excluding hydrogens is 452 g/mol. The number of fused-ring (bicyclic) bond motifs is 1. The van der Waals surface area contributed by atoms with E-state index in [1.807, 2.05) is 49.4 Å². The van der Waals surface area contributed by atoms with Gasteiger partial charge in [-0.25, -0.2) is 4.98 Å². The molecule has 0 radical (unpaired) electrons. The Hall–Kier alpha value is -2.63. The van der Waals surface area contributed by atoms with E-state index in [0.717, 1.165) is 10.0 Å². The van der Waals surface area contributed by atoms with Crippen LogP contribution >= 0.6 is 27.7 Å². The molecule has 0 fully saturated rings. The van der Waals surface area contributed by atoms with Crippen molar-refractivity contribution in [3.05, 3.63) is 68.9 Å². The molecule has 1 unspecified atom stereocenters. The lowest BCUT2D eigenvalue weighted by molar-refractivity contribution is -0.118. The van der Waals surface area contributed by atoms with E-state index in [2.05, 4.69) is 26.2 Å². The van der Waals surface area contributed by atoms with E-state index in [1.54, 1.807) is 16.7 Å². The minimum Gasteiger partial charge on any atom is -0.354 e. The summed E-state index contributed by atoms with van der Waals surface area (Å²) in [6.07, 6.45) is 0.259. The maximum Gasteiger partial charge on any atom is 0.262 e. The van der Waals surface area contributed by atoms with Gasteiger partial charge in [0.05, 0.1) is 35.2 Å². The van der Waals surface area contributed by atoms with Crippen molar-refractivity contribution in [2.45, 2.75) is 24.5 Å². The lowest BCUT2D eigenvalue weighted by atomic mass is 10.1. The van der Waals surface area contributed by atoms with Crippen molar-refractivity contribution in [2.75, 3.05) is 12.3 Å². The number of rotatable bonds is 7. The number of carbonyl (C=O) groups excluding carboxylic acids is 1. The number of halogens is 1. The number of amides is 1. The van der Waals surface area contributed by atoms with E-state index in [-0.39, 0.29) is 29.7 Å². The van der Waals surface area contributed by atoms with Gasteiger partial charge in [-0.05, 0) is 30.7 Å². The molecule has 0 saturated carbocycles. The molecule has 8 heteroatoms. The Morgan fingerprint density at radius 2 is 2.07 bits per heavy atom. The summed E-state index contributed by atoms with van der Waals surface area (Å²) < 4.78 is 2.44. The van der Waals surface area contributed by atoms with Gasteiger partial charge >= 0.3 is 0 Å². The second-order valence-corrected chi connectivity index (χ2v) is 8.22. The van der Waals surface area contributed by atoms with Gasteiger partial charge in [-0.2, -0.15) is 5.26 Å². The SMILES string of the molecule is CC(c1ccccc1)n1c(SCC(=O)NCCC#N)nc2ccc(Br)cc2c1=O. The summed E-state index contributed by atoms with van der Waals surface area (Å²) in [7, 11) is 0. The first-order valence-corrected chi connectivity index (χ1v) is 10.8. The average Bonchev–Trinajstić information content (AvgIpc) is 2.73. The van der Waals surface area contributed by atoms with Gasteiger partial charge in [0.15, 0.2) is 5.16 Å². The van der Waals surface area contributed by atoms with E-state index < -0.39 is 0 Å². The summed E-state index contributed by atoms with van der Waals surface area (Å²) in [5, 5.41) is 12.3. The summed E-state index contributed by atoms with van der Waals surface area (Å²) in [4.78, 5) is 30.1. The van der Waals surface area contributed by atoms with Crippen LogP contribution in [0, 0.1) is 11.3 Å². The second kappa shape index (κ2) is 9.72. The Kier molecular flexibility index (Phi) is 7.07. The predicted molar refractivity (Wildman–Crippen MR) is 118 cm³/mol. The molecule has 1 N–H and O–H groups in total. The molecule has 6 nitrogen and oxygen atoms in total. The molecule has 3 rings (SSSR count). The maximum atomic E-state index is 13.3. The number of nitrogens with zero attached hydrogens (tertiary/aromatic N) is 3. The van der Waals surface area contributed by atoms with Gasteiger partial charge in [0, 0.05) is 11.0 Å². The minimum atomic E-state index is -0.247. The van der Waals surface area contributed by atoms with Gasteiger partial charge in [-0.3, -0.25) is 14.2 Å². The standard InChI is InChI=1S/C21H19BrN4O2S/c1-14(15-6-3-2-4-7-15)26-20(28)17-12-16(22)8-9-18(17)25-21(26)29-13-19(27)24-11-5-10-23/h2-4,6-9,12,14H,5,11,13H2,1H3,(H,24,27). The molecule has 1 aromatic heterocycles. The zero-order valence-corrected chi connectivity index (χ0v) is 18.2. The van der Waals surface area contributed by atoms with Crippen LogP contribution in [0.3, 0.4) is 0 Å². The van der Waals surface area contributed by atoms with Crippen molar-refractivity contribution in [1.29, 1.82) is 5.26 Å². The third kappa shape index (κ3) is 5.05. The number of hydrogen-bond donors (Lipinski definition) is 1. The molecular formula is C21H19BrN4O2S. The monoisotopic (exact) mass is 470 g/mol. The lowest BCUT2D eigenvalue weighted by Crippen LogP contribution is -2.29. The Bertz CT molecular complexity index is 1130. The van der Waals surface area contributed by atoms with E-state index in [9.17, 15) is 9.59 Å². The van der Waals surface area contributed by atoms with Crippen LogP contribution in [-0.4, -0.2) is 27.8 Å². The molecule has 29 heavy (non-hydrogen) atoms. The van der Waals surface area contributed by atoms with Crippen LogP contribution in [0.4, 0.5) is 0 Å². The number of carbonyl (C=O) groups is 1. The molecule has 0 aliphatic rings. The van der Waals surface area contributed by atoms with Crippen LogP contribution < -0.4 is 10.9 Å². The number of thioether (sulfide) groups is 1. The quantitative estimate of drug-likeness (QED) is 0.321. The molecule has 0 aliphatic carbocycles. The summed E-state index contributed by atoms with van der Waals surface area (Å²) in [6, 6.07) is 16.8. The number of aromatic nitrogens is 2. The van der Waals surface area contributed by atoms with Crippen molar-refractivity contribution in [2.24, 2.45) is 0 Å². The van der Waals surface area contributed by atoms with Gasteiger partial charge in [-0.1, -0.05) is 58.0 Å². The Morgan fingerprint density at radius 3 is 2.79 bits per heavy atom. The van der Waals surface area contributed by atoms with E-state index in [4.69, 9.17) is 5.26 Å². The first-order chi connectivity index (χ1) is 14.0. The second-order valence-electron chi connectivity index (χ2n) is 6.36. The smallest absolute Gasteiger partial charge is 0.262 e. The first kappa shape index (κ1) is 21.1. The molecule has 0 bridgehead atoms. The molecule has 148 valence electrons. The predicted octanol–water partition coefficient (Wildman–Crippen LogP) is 3.89. The van der Waals surface area contributed by atoms with Gasteiger partial charge in [0.1, 0.15) is 0 Å². The van der Waals surface area contributed by atoms with Gasteiger partial charge in [0.25, 0.3) is 5.56 Å². The fourth-order valence-electron chi connectivity index (χ4n) is 2.91. The van der Waals surface area contributed by atoms with Crippen molar-refractivity contribution in [1.82, 2.24) is 14.9 Å². The van der Waals surface area contributed by atoms with Crippen molar-refractivity contribution in [3.63, 3.8) is 0 Å². The molecule has 0 spiro atoms. The number of nitrogens with one attached hydrogen (secondary N) is 1. The third-order valence-corrected chi connectivity index (χ3v) is 5.84. The fraction of sp³-hybridized carbons (Fsp3) is 0.238. The highest BCUT2D eigenvalue weighted by atomic mass is 79.9. The van der Waals surface area contributed by atoms with Crippen molar-refractivity contribution in [3.8, 4) is 6.07 Å². The number of hydrogen-bond acceptors (Lipinski definition) is 5. The van der Waals surface area contributed by atoms with E-state index in [1.165, 1.54) is 11.8 Å². The normalized spacial score (nSPS) is 11.8. The molecule has 3 aromatic rings. The molecule has 0 aliphatic heterocycles. The molecule has 1 amide bonds. The van der Waals surface area contributed by atoms with Crippen LogP contribution in [0.5, 0.6) is 0 Å². The lowest BCUT2D eigenvalue weighted by Gasteiger charge is -2.20. The van der Waals surface area contributed by atoms with Crippen LogP contribution in [0.25, 0.3) is 10.9 Å². The number of benzene rings is 2. The van der Waals surface area contributed by atoms with Gasteiger partial charge < -0.3 is 5.32 Å². The summed E-state index contributed by atoms with van der Waals surface area (Å²) >= 11 is 4.63. The van der Waals surface area contributed by atoms with Crippen LogP contribution in [0.15, 0.2) is 63.0 Å². The Labute approximate surface area is 181 Å². The van der Waals surface area contributed by atoms with Gasteiger partial charge in [0.2, 0.25) is 5.91 Å². The highest BCUT2D eigenvalue weighted by Crippen LogP contribution is 2.25. The average molecular weight is 471 g/mol. The fourth-order valence-corrected chi connectivity index (χ4v) is 4.18.